The third-order valence-corrected chi connectivity index (χ3v) is 5.35. The Labute approximate surface area is 183 Å². The van der Waals surface area contributed by atoms with Gasteiger partial charge in [0.15, 0.2) is 0 Å². The van der Waals surface area contributed by atoms with Crippen LogP contribution in [0.1, 0.15) is 105 Å². The van der Waals surface area contributed by atoms with Crippen LogP contribution in [-0.2, 0) is 4.74 Å². The Morgan fingerprint density at radius 3 is 1.80 bits per heavy atom. The first-order valence-corrected chi connectivity index (χ1v) is 11.6. The number of rotatable bonds is 7. The van der Waals surface area contributed by atoms with Crippen LogP contribution in [0.25, 0.3) is 0 Å². The molecule has 1 saturated carbocycles. The zero-order valence-corrected chi connectivity index (χ0v) is 18.9. The van der Waals surface area contributed by atoms with Gasteiger partial charge in [0.05, 0.1) is 12.2 Å². The van der Waals surface area contributed by atoms with Crippen molar-refractivity contribution >= 4 is 5.97 Å². The number of hydrogen-bond acceptors (Lipinski definition) is 2. The van der Waals surface area contributed by atoms with Crippen molar-refractivity contribution in [1.29, 1.82) is 0 Å². The Bertz CT molecular complexity index is 798. The summed E-state index contributed by atoms with van der Waals surface area (Å²) in [6.07, 6.45) is 10.4. The van der Waals surface area contributed by atoms with E-state index in [1.54, 1.807) is 12.1 Å². The van der Waals surface area contributed by atoms with E-state index in [1.165, 1.54) is 50.5 Å². The Morgan fingerprint density at radius 2 is 1.37 bits per heavy atom. The number of hydrogen-bond donors (Lipinski definition) is 0. The van der Waals surface area contributed by atoms with E-state index in [0.29, 0.717) is 12.2 Å². The molecule has 1 aliphatic carbocycles. The molecule has 0 amide bonds. The summed E-state index contributed by atoms with van der Waals surface area (Å²) < 4.78 is 5.12. The molecule has 0 radical (unpaired) electrons. The first kappa shape index (κ1) is 23.7. The number of carbonyl (C=O) groups excluding carboxylic acids is 1. The zero-order chi connectivity index (χ0) is 21.6. The van der Waals surface area contributed by atoms with Crippen molar-refractivity contribution in [3.05, 3.63) is 70.8 Å². The lowest BCUT2D eigenvalue weighted by Gasteiger charge is -2.25. The van der Waals surface area contributed by atoms with E-state index in [-0.39, 0.29) is 5.97 Å². The van der Waals surface area contributed by atoms with E-state index in [9.17, 15) is 4.79 Å². The van der Waals surface area contributed by atoms with Crippen LogP contribution in [0.4, 0.5) is 0 Å². The SMILES string of the molecule is CCCCCC.CCCOC(=O)c1ccc(C#Cc2ccc(C3CCC3)cc2)cc1. The van der Waals surface area contributed by atoms with E-state index >= 15 is 0 Å². The summed E-state index contributed by atoms with van der Waals surface area (Å²) in [5.41, 5.74) is 3.91. The number of esters is 1. The topological polar surface area (TPSA) is 26.3 Å². The first-order valence-electron chi connectivity index (χ1n) is 11.6. The second kappa shape index (κ2) is 13.6. The van der Waals surface area contributed by atoms with Gasteiger partial charge in [0.1, 0.15) is 0 Å². The molecular formula is C28H36O2. The minimum absolute atomic E-state index is 0.275. The molecule has 1 aliphatic rings. The number of carbonyl (C=O) groups is 1. The van der Waals surface area contributed by atoms with Crippen LogP contribution in [0, 0.1) is 11.8 Å². The van der Waals surface area contributed by atoms with Crippen molar-refractivity contribution < 1.29 is 9.53 Å². The summed E-state index contributed by atoms with van der Waals surface area (Å²) in [5, 5.41) is 0. The van der Waals surface area contributed by atoms with Gasteiger partial charge in [-0.25, -0.2) is 4.79 Å². The molecule has 0 saturated heterocycles. The third kappa shape index (κ3) is 8.07. The number of ether oxygens (including phenoxy) is 1. The molecule has 0 heterocycles. The molecule has 0 aromatic heterocycles. The molecule has 0 bridgehead atoms. The maximum absolute atomic E-state index is 11.8. The lowest BCUT2D eigenvalue weighted by Crippen LogP contribution is -2.08. The monoisotopic (exact) mass is 404 g/mol. The molecule has 3 rings (SSSR count). The maximum Gasteiger partial charge on any atom is 0.338 e. The van der Waals surface area contributed by atoms with Crippen LogP contribution in [-0.4, -0.2) is 12.6 Å². The van der Waals surface area contributed by atoms with Crippen molar-refractivity contribution in [3.63, 3.8) is 0 Å². The van der Waals surface area contributed by atoms with Gasteiger partial charge in [-0.1, -0.05) is 76.8 Å². The van der Waals surface area contributed by atoms with Crippen LogP contribution in [0.2, 0.25) is 0 Å². The average molecular weight is 405 g/mol. The summed E-state index contributed by atoms with van der Waals surface area (Å²) in [6.45, 7) is 6.90. The van der Waals surface area contributed by atoms with Gasteiger partial charge in [0.2, 0.25) is 0 Å². The Hall–Kier alpha value is -2.53. The molecule has 30 heavy (non-hydrogen) atoms. The zero-order valence-electron chi connectivity index (χ0n) is 18.9. The molecule has 0 atom stereocenters. The average Bonchev–Trinajstić information content (AvgIpc) is 2.75. The lowest BCUT2D eigenvalue weighted by atomic mass is 9.80. The van der Waals surface area contributed by atoms with Gasteiger partial charge < -0.3 is 4.74 Å². The van der Waals surface area contributed by atoms with Crippen molar-refractivity contribution in [2.75, 3.05) is 6.61 Å². The molecule has 0 spiro atoms. The van der Waals surface area contributed by atoms with Gasteiger partial charge in [0, 0.05) is 11.1 Å². The standard InChI is InChI=1S/C22H22O2.C6H14/c1-2-16-24-22(23)21-14-10-18(11-15-21)7-6-17-8-12-20(13-9-17)19-4-3-5-19;1-3-5-6-4-2/h8-15,19H,2-5,16H2,1H3;3-6H2,1-2H3. The van der Waals surface area contributed by atoms with Crippen molar-refractivity contribution in [2.45, 2.75) is 78.1 Å². The van der Waals surface area contributed by atoms with Gasteiger partial charge in [-0.05, 0) is 67.1 Å². The first-order chi connectivity index (χ1) is 14.7. The lowest BCUT2D eigenvalue weighted by molar-refractivity contribution is 0.0505. The fourth-order valence-electron chi connectivity index (χ4n) is 3.19. The molecule has 2 aromatic rings. The van der Waals surface area contributed by atoms with Gasteiger partial charge in [-0.15, -0.1) is 0 Å². The Morgan fingerprint density at radius 1 is 0.833 bits per heavy atom. The normalized spacial score (nSPS) is 12.6. The molecule has 160 valence electrons. The van der Waals surface area contributed by atoms with E-state index in [2.05, 4.69) is 50.0 Å². The second-order valence-corrected chi connectivity index (χ2v) is 7.92. The highest BCUT2D eigenvalue weighted by molar-refractivity contribution is 5.89. The van der Waals surface area contributed by atoms with Crippen molar-refractivity contribution in [2.24, 2.45) is 0 Å². The minimum Gasteiger partial charge on any atom is -0.462 e. The van der Waals surface area contributed by atoms with Crippen LogP contribution < -0.4 is 0 Å². The van der Waals surface area contributed by atoms with Crippen LogP contribution in [0.3, 0.4) is 0 Å². The summed E-state index contributed by atoms with van der Waals surface area (Å²) in [7, 11) is 0. The van der Waals surface area contributed by atoms with Gasteiger partial charge >= 0.3 is 5.97 Å². The van der Waals surface area contributed by atoms with Crippen molar-refractivity contribution in [1.82, 2.24) is 0 Å². The highest BCUT2D eigenvalue weighted by atomic mass is 16.5. The largest absolute Gasteiger partial charge is 0.462 e. The van der Waals surface area contributed by atoms with Crippen molar-refractivity contribution in [3.8, 4) is 11.8 Å². The van der Waals surface area contributed by atoms with Gasteiger partial charge in [0.25, 0.3) is 0 Å². The molecule has 2 heteroatoms. The quantitative estimate of drug-likeness (QED) is 0.271. The molecular weight excluding hydrogens is 368 g/mol. The number of benzene rings is 2. The summed E-state index contributed by atoms with van der Waals surface area (Å²) in [6, 6.07) is 15.8. The van der Waals surface area contributed by atoms with E-state index in [4.69, 9.17) is 4.74 Å². The molecule has 2 nitrogen and oxygen atoms in total. The molecule has 2 aromatic carbocycles. The number of unbranched alkanes of at least 4 members (excludes halogenated alkanes) is 3. The fraction of sp³-hybridized carbons (Fsp3) is 0.464. The highest BCUT2D eigenvalue weighted by Crippen LogP contribution is 2.36. The predicted octanol–water partition coefficient (Wildman–Crippen LogP) is 7.51. The smallest absolute Gasteiger partial charge is 0.338 e. The minimum atomic E-state index is -0.275. The van der Waals surface area contributed by atoms with E-state index in [1.807, 2.05) is 19.1 Å². The molecule has 1 fully saturated rings. The van der Waals surface area contributed by atoms with Crippen LogP contribution in [0.15, 0.2) is 48.5 Å². The Balaban J connectivity index is 0.000000469. The second-order valence-electron chi connectivity index (χ2n) is 7.92. The van der Waals surface area contributed by atoms with E-state index in [0.717, 1.165) is 23.5 Å². The summed E-state index contributed by atoms with van der Waals surface area (Å²) in [4.78, 5) is 11.8. The maximum atomic E-state index is 11.8. The van der Waals surface area contributed by atoms with Gasteiger partial charge in [-0.3, -0.25) is 0 Å². The molecule has 0 unspecified atom stereocenters. The third-order valence-electron chi connectivity index (χ3n) is 5.35. The van der Waals surface area contributed by atoms with E-state index < -0.39 is 0 Å². The predicted molar refractivity (Wildman–Crippen MR) is 126 cm³/mol. The fourth-order valence-corrected chi connectivity index (χ4v) is 3.19. The van der Waals surface area contributed by atoms with Gasteiger partial charge in [-0.2, -0.15) is 0 Å². The Kier molecular flexibility index (Phi) is 10.8. The van der Waals surface area contributed by atoms with Crippen LogP contribution in [0.5, 0.6) is 0 Å². The van der Waals surface area contributed by atoms with Crippen LogP contribution >= 0.6 is 0 Å². The summed E-state index contributed by atoms with van der Waals surface area (Å²) in [5.74, 6) is 6.81. The highest BCUT2D eigenvalue weighted by Gasteiger charge is 2.18. The molecule has 0 N–H and O–H groups in total. The summed E-state index contributed by atoms with van der Waals surface area (Å²) >= 11 is 0. The molecule has 0 aliphatic heterocycles.